The number of carbonyl (C=O) groups is 1. The van der Waals surface area contributed by atoms with Crippen LogP contribution in [-0.4, -0.2) is 11.6 Å². The van der Waals surface area contributed by atoms with Gasteiger partial charge in [0.2, 0.25) is 5.71 Å². The molecule has 0 spiro atoms. The fourth-order valence-corrected chi connectivity index (χ4v) is 1.28. The maximum atomic E-state index is 13.3. The van der Waals surface area contributed by atoms with E-state index in [1.165, 1.54) is 18.2 Å². The molecule has 7 heteroatoms. The summed E-state index contributed by atoms with van der Waals surface area (Å²) < 4.78 is 14.0. The average Bonchev–Trinajstić information content (AvgIpc) is 2.21. The van der Waals surface area contributed by atoms with Crippen molar-refractivity contribution in [3.05, 3.63) is 27.6 Å². The van der Waals surface area contributed by atoms with E-state index >= 15 is 0 Å². The smallest absolute Gasteiger partial charge is 0.280 e. The van der Waals surface area contributed by atoms with Gasteiger partial charge in [-0.25, -0.2) is 4.39 Å². The molecule has 1 amide bonds. The minimum Gasteiger partial charge on any atom is -0.364 e. The standard InChI is InChI=1S/C9H6FIN4O/c10-6-3-5(11)1-2-7(6)14-15-8(4-12)9(13)16/h1-3,14H,(H2,13,16)/b15-8-. The summed E-state index contributed by atoms with van der Waals surface area (Å²) in [6, 6.07) is 5.87. The van der Waals surface area contributed by atoms with Gasteiger partial charge in [-0.1, -0.05) is 0 Å². The van der Waals surface area contributed by atoms with Gasteiger partial charge in [-0.3, -0.25) is 10.2 Å². The van der Waals surface area contributed by atoms with Crippen LogP contribution in [0.3, 0.4) is 0 Å². The quantitative estimate of drug-likeness (QED) is 0.495. The summed E-state index contributed by atoms with van der Waals surface area (Å²) in [7, 11) is 0. The third-order valence-corrected chi connectivity index (χ3v) is 2.23. The van der Waals surface area contributed by atoms with Gasteiger partial charge in [0.15, 0.2) is 0 Å². The molecule has 0 aliphatic heterocycles. The molecule has 1 aromatic rings. The first kappa shape index (κ1) is 12.4. The molecule has 82 valence electrons. The normalized spacial score (nSPS) is 10.7. The maximum absolute atomic E-state index is 13.3. The van der Waals surface area contributed by atoms with E-state index in [0.29, 0.717) is 0 Å². The van der Waals surface area contributed by atoms with Crippen LogP contribution in [0, 0.1) is 20.7 Å². The van der Waals surface area contributed by atoms with Crippen molar-refractivity contribution in [2.45, 2.75) is 0 Å². The van der Waals surface area contributed by atoms with Crippen LogP contribution in [-0.2, 0) is 4.79 Å². The SMILES string of the molecule is N#C/C(=N/Nc1ccc(I)cc1F)C(N)=O. The monoisotopic (exact) mass is 332 g/mol. The number of nitrogens with zero attached hydrogens (tertiary/aromatic N) is 2. The Labute approximate surface area is 104 Å². The molecule has 1 rings (SSSR count). The van der Waals surface area contributed by atoms with E-state index in [-0.39, 0.29) is 5.69 Å². The largest absolute Gasteiger partial charge is 0.364 e. The minimum absolute atomic E-state index is 0.0643. The van der Waals surface area contributed by atoms with Gasteiger partial charge < -0.3 is 5.73 Å². The number of benzene rings is 1. The lowest BCUT2D eigenvalue weighted by atomic mass is 10.3. The molecule has 0 atom stereocenters. The van der Waals surface area contributed by atoms with Crippen molar-refractivity contribution in [1.29, 1.82) is 5.26 Å². The number of nitriles is 1. The van der Waals surface area contributed by atoms with E-state index in [9.17, 15) is 9.18 Å². The van der Waals surface area contributed by atoms with Crippen LogP contribution in [0.15, 0.2) is 23.3 Å². The van der Waals surface area contributed by atoms with Crippen LogP contribution in [0.4, 0.5) is 10.1 Å². The second-order valence-electron chi connectivity index (χ2n) is 2.67. The molecule has 0 aliphatic rings. The number of hydrogen-bond acceptors (Lipinski definition) is 4. The summed E-state index contributed by atoms with van der Waals surface area (Å²) >= 11 is 1.95. The first-order valence-electron chi connectivity index (χ1n) is 4.03. The highest BCUT2D eigenvalue weighted by Gasteiger charge is 2.06. The van der Waals surface area contributed by atoms with Gasteiger partial charge in [0.05, 0.1) is 5.69 Å². The Morgan fingerprint density at radius 1 is 1.62 bits per heavy atom. The van der Waals surface area contributed by atoms with Crippen LogP contribution in [0.5, 0.6) is 0 Å². The average molecular weight is 332 g/mol. The van der Waals surface area contributed by atoms with Gasteiger partial charge >= 0.3 is 0 Å². The highest BCUT2D eigenvalue weighted by Crippen LogP contribution is 2.16. The molecule has 0 radical (unpaired) electrons. The predicted molar refractivity (Wildman–Crippen MR) is 65.0 cm³/mol. The Balaban J connectivity index is 2.90. The number of hydrazone groups is 1. The molecule has 0 aromatic heterocycles. The van der Waals surface area contributed by atoms with Crippen molar-refractivity contribution in [3.63, 3.8) is 0 Å². The summed E-state index contributed by atoms with van der Waals surface area (Å²) in [6.45, 7) is 0. The molecule has 1 aromatic carbocycles. The van der Waals surface area contributed by atoms with Crippen LogP contribution >= 0.6 is 22.6 Å². The summed E-state index contributed by atoms with van der Waals surface area (Å²) in [5, 5.41) is 11.9. The van der Waals surface area contributed by atoms with Crippen LogP contribution in [0.1, 0.15) is 0 Å². The summed E-state index contributed by atoms with van der Waals surface area (Å²) in [5.74, 6) is -1.50. The number of hydrogen-bond donors (Lipinski definition) is 2. The number of primary amides is 1. The lowest BCUT2D eigenvalue weighted by molar-refractivity contribution is -0.111. The molecular formula is C9H6FIN4O. The molecule has 0 unspecified atom stereocenters. The predicted octanol–water partition coefficient (Wildman–Crippen LogP) is 1.21. The molecule has 3 N–H and O–H groups in total. The van der Waals surface area contributed by atoms with Gasteiger partial charge in [-0.2, -0.15) is 10.4 Å². The fourth-order valence-electron chi connectivity index (χ4n) is 0.831. The Bertz CT molecular complexity index is 495. The first-order chi connectivity index (χ1) is 7.54. The number of carbonyl (C=O) groups excluding carboxylic acids is 1. The Morgan fingerprint density at radius 2 is 2.31 bits per heavy atom. The van der Waals surface area contributed by atoms with Crippen LogP contribution in [0.2, 0.25) is 0 Å². The summed E-state index contributed by atoms with van der Waals surface area (Å²) in [4.78, 5) is 10.6. The van der Waals surface area contributed by atoms with E-state index in [1.807, 2.05) is 22.6 Å². The maximum Gasteiger partial charge on any atom is 0.280 e. The topological polar surface area (TPSA) is 91.3 Å². The van der Waals surface area contributed by atoms with Gasteiger partial charge in [0, 0.05) is 3.57 Å². The minimum atomic E-state index is -0.971. The second kappa shape index (κ2) is 5.41. The Hall–Kier alpha value is -1.69. The van der Waals surface area contributed by atoms with Crippen molar-refractivity contribution in [1.82, 2.24) is 0 Å². The highest BCUT2D eigenvalue weighted by atomic mass is 127. The van der Waals surface area contributed by atoms with Crippen molar-refractivity contribution in [3.8, 4) is 6.07 Å². The highest BCUT2D eigenvalue weighted by molar-refractivity contribution is 14.1. The zero-order valence-corrected chi connectivity index (χ0v) is 10.0. The lowest BCUT2D eigenvalue weighted by Gasteiger charge is -2.02. The van der Waals surface area contributed by atoms with Gasteiger partial charge in [-0.05, 0) is 40.8 Å². The van der Waals surface area contributed by atoms with E-state index in [1.54, 1.807) is 6.07 Å². The second-order valence-corrected chi connectivity index (χ2v) is 3.92. The zero-order valence-electron chi connectivity index (χ0n) is 7.87. The third kappa shape index (κ3) is 3.16. The van der Waals surface area contributed by atoms with Gasteiger partial charge in [0.1, 0.15) is 11.9 Å². The van der Waals surface area contributed by atoms with Crippen molar-refractivity contribution in [2.24, 2.45) is 10.8 Å². The molecule has 0 saturated heterocycles. The molecule has 0 saturated carbocycles. The summed E-state index contributed by atoms with van der Waals surface area (Å²) in [6.07, 6.45) is 0. The number of amides is 1. The van der Waals surface area contributed by atoms with Crippen molar-refractivity contribution >= 4 is 39.9 Å². The number of halogens is 2. The van der Waals surface area contributed by atoms with Crippen molar-refractivity contribution in [2.75, 3.05) is 5.43 Å². The zero-order chi connectivity index (χ0) is 12.1. The molecule has 0 heterocycles. The van der Waals surface area contributed by atoms with E-state index in [2.05, 4.69) is 10.5 Å². The van der Waals surface area contributed by atoms with E-state index in [0.717, 1.165) is 3.57 Å². The number of nitrogens with two attached hydrogens (primary N) is 1. The van der Waals surface area contributed by atoms with E-state index in [4.69, 9.17) is 11.0 Å². The molecule has 0 aliphatic carbocycles. The first-order valence-corrected chi connectivity index (χ1v) is 5.11. The number of rotatable bonds is 3. The molecule has 16 heavy (non-hydrogen) atoms. The molecular weight excluding hydrogens is 326 g/mol. The Kier molecular flexibility index (Phi) is 4.19. The third-order valence-electron chi connectivity index (χ3n) is 1.56. The molecule has 0 fully saturated rings. The van der Waals surface area contributed by atoms with Crippen molar-refractivity contribution < 1.29 is 9.18 Å². The molecule has 5 nitrogen and oxygen atoms in total. The Morgan fingerprint density at radius 3 is 2.81 bits per heavy atom. The number of anilines is 1. The van der Waals surface area contributed by atoms with Crippen LogP contribution in [0.25, 0.3) is 0 Å². The van der Waals surface area contributed by atoms with E-state index < -0.39 is 17.4 Å². The van der Waals surface area contributed by atoms with Crippen LogP contribution < -0.4 is 11.2 Å². The van der Waals surface area contributed by atoms with Gasteiger partial charge in [0.25, 0.3) is 5.91 Å². The molecule has 0 bridgehead atoms. The fraction of sp³-hybridized carbons (Fsp3) is 0. The van der Waals surface area contributed by atoms with Gasteiger partial charge in [-0.15, -0.1) is 0 Å². The number of nitrogens with one attached hydrogen (secondary N) is 1. The summed E-state index contributed by atoms with van der Waals surface area (Å²) in [5.41, 5.74) is 6.65. The lowest BCUT2D eigenvalue weighted by Crippen LogP contribution is -2.22.